The van der Waals surface area contributed by atoms with E-state index in [2.05, 4.69) is 401 Å². The number of aromatic amines is 1. The molecule has 130 heavy (non-hydrogen) atoms. The molecular formula is C112H100Br5N13. The lowest BCUT2D eigenvalue weighted by Crippen LogP contribution is -2.43. The van der Waals surface area contributed by atoms with Gasteiger partial charge in [-0.25, -0.2) is 9.36 Å². The fraction of sp³-hybridized carbons (Fsp3) is 0.116. The van der Waals surface area contributed by atoms with Gasteiger partial charge in [0.1, 0.15) is 0 Å². The summed E-state index contributed by atoms with van der Waals surface area (Å²) in [6.45, 7) is 0. The Bertz CT molecular complexity index is 6690. The quantitative estimate of drug-likeness (QED) is 0.0773. The van der Waals surface area contributed by atoms with E-state index in [9.17, 15) is 0 Å². The Kier molecular flexibility index (Phi) is 30.4. The molecule has 4 atom stereocenters. The van der Waals surface area contributed by atoms with Gasteiger partial charge in [0.05, 0.1) is 79.0 Å². The van der Waals surface area contributed by atoms with Crippen molar-refractivity contribution in [3.63, 3.8) is 0 Å². The van der Waals surface area contributed by atoms with E-state index >= 15 is 0 Å². The number of aromatic nitrogens is 8. The number of hydrogen-bond acceptors (Lipinski definition) is 8. The topological polar surface area (TPSA) is 213 Å². The van der Waals surface area contributed by atoms with E-state index in [1.807, 2.05) is 108 Å². The Labute approximate surface area is 801 Å². The van der Waals surface area contributed by atoms with Crippen LogP contribution in [0, 0.1) is 0 Å². The van der Waals surface area contributed by atoms with Gasteiger partial charge in [-0.15, -0.1) is 0 Å². The normalized spacial score (nSPS) is 14.6. The van der Waals surface area contributed by atoms with E-state index in [0.717, 1.165) is 145 Å². The number of nitrogens with zero attached hydrogens (tertiary/aromatic N) is 7. The third-order valence-corrected chi connectivity index (χ3v) is 25.9. The summed E-state index contributed by atoms with van der Waals surface area (Å²) >= 11 is 17.2. The highest BCUT2D eigenvalue weighted by molar-refractivity contribution is 9.12. The van der Waals surface area contributed by atoms with Crippen LogP contribution in [0.3, 0.4) is 0 Å². The minimum absolute atomic E-state index is 0. The monoisotopic (exact) mass is 2020 g/mol. The molecule has 3 aliphatic rings. The Morgan fingerprint density at radius 2 is 0.531 bits per heavy atom. The van der Waals surface area contributed by atoms with Gasteiger partial charge in [0.2, 0.25) is 0 Å². The molecule has 0 radical (unpaired) electrons. The van der Waals surface area contributed by atoms with Crippen molar-refractivity contribution in [2.75, 3.05) is 0 Å². The molecule has 12 N–H and O–H groups in total. The molecule has 0 unspecified atom stereocenters. The van der Waals surface area contributed by atoms with Crippen LogP contribution < -0.4 is 29.1 Å². The maximum absolute atomic E-state index is 5.65. The van der Waals surface area contributed by atoms with Gasteiger partial charge >= 0.3 is 0 Å². The Hall–Kier alpha value is -12.3. The van der Waals surface area contributed by atoms with Crippen LogP contribution in [0.5, 0.6) is 0 Å². The molecule has 0 amide bonds. The number of H-pyrrole nitrogens is 1. The maximum atomic E-state index is 5.65. The van der Waals surface area contributed by atoms with Gasteiger partial charge in [0.25, 0.3) is 0 Å². The summed E-state index contributed by atoms with van der Waals surface area (Å²) in [5.41, 5.74) is 49.9. The number of nitrogens with two attached hydrogens (primary N) is 4. The van der Waals surface area contributed by atoms with Crippen LogP contribution in [0.25, 0.3) is 145 Å². The average Bonchev–Trinajstić information content (AvgIpc) is 1.58. The molecule has 3 aliphatic carbocycles. The largest absolute Gasteiger partial charge is 0.344 e. The Balaban J connectivity index is 0.000000127. The summed E-state index contributed by atoms with van der Waals surface area (Å²) in [5, 5.41) is 22.5. The first-order valence-corrected chi connectivity index (χ1v) is 47.6. The third-order valence-electron chi connectivity index (χ3n) is 23.6. The van der Waals surface area contributed by atoms with Gasteiger partial charge in [-0.1, -0.05) is 409 Å². The molecule has 13 nitrogen and oxygen atoms in total. The van der Waals surface area contributed by atoms with E-state index in [0.29, 0.717) is 0 Å². The summed E-state index contributed by atoms with van der Waals surface area (Å²) in [7, 11) is 0. The second-order valence-corrected chi connectivity index (χ2v) is 37.0. The van der Waals surface area contributed by atoms with Crippen molar-refractivity contribution in [2.45, 2.75) is 82.0 Å². The lowest BCUT2D eigenvalue weighted by molar-refractivity contribution is 0.385. The van der Waals surface area contributed by atoms with Gasteiger partial charge in [-0.2, -0.15) is 15.3 Å². The molecule has 0 bridgehead atoms. The van der Waals surface area contributed by atoms with Crippen molar-refractivity contribution in [3.05, 3.63) is 434 Å². The molecule has 5 aromatic heterocycles. The van der Waals surface area contributed by atoms with E-state index in [1.165, 1.54) is 91.5 Å². The van der Waals surface area contributed by atoms with Crippen LogP contribution in [0.4, 0.5) is 0 Å². The molecule has 18 heteroatoms. The lowest BCUT2D eigenvalue weighted by atomic mass is 9.92. The van der Waals surface area contributed by atoms with Crippen molar-refractivity contribution in [1.29, 1.82) is 0 Å². The molecule has 2 fully saturated rings. The van der Waals surface area contributed by atoms with Crippen molar-refractivity contribution >= 4 is 123 Å². The second kappa shape index (κ2) is 43.4. The summed E-state index contributed by atoms with van der Waals surface area (Å²) in [6, 6.07) is 141. The number of halogens is 5. The van der Waals surface area contributed by atoms with Crippen molar-refractivity contribution in [1.82, 2.24) is 45.0 Å². The summed E-state index contributed by atoms with van der Waals surface area (Å²) < 4.78 is 14.1. The Morgan fingerprint density at radius 3 is 0.869 bits per heavy atom. The molecule has 5 heterocycles. The molecule has 15 aromatic carbocycles. The number of rotatable bonds is 10. The predicted molar refractivity (Wildman–Crippen MR) is 560 cm³/mol. The van der Waals surface area contributed by atoms with Crippen LogP contribution >= 0.6 is 79.6 Å². The summed E-state index contributed by atoms with van der Waals surface area (Å²) in [5.74, 6) is 0. The smallest absolute Gasteiger partial charge is 0.0934 e. The molecule has 23 rings (SSSR count). The van der Waals surface area contributed by atoms with E-state index in [-0.39, 0.29) is 30.3 Å². The van der Waals surface area contributed by atoms with Gasteiger partial charge < -0.3 is 38.2 Å². The van der Waals surface area contributed by atoms with Crippen LogP contribution in [0.2, 0.25) is 0 Å². The van der Waals surface area contributed by atoms with E-state index in [4.69, 9.17) is 33.1 Å². The second-order valence-electron chi connectivity index (χ2n) is 32.4. The van der Waals surface area contributed by atoms with Crippen LogP contribution in [-0.2, 0) is 6.42 Å². The van der Waals surface area contributed by atoms with Crippen molar-refractivity contribution in [3.8, 4) is 101 Å². The van der Waals surface area contributed by atoms with Gasteiger partial charge in [0, 0.05) is 95.9 Å². The maximum Gasteiger partial charge on any atom is 0.0934 e. The zero-order valence-electron chi connectivity index (χ0n) is 71.8. The number of para-hydroxylation sites is 4. The molecule has 0 aliphatic heterocycles. The first-order chi connectivity index (χ1) is 63.2. The fourth-order valence-electron chi connectivity index (χ4n) is 17.1. The van der Waals surface area contributed by atoms with Gasteiger partial charge in [0.15, 0.2) is 0 Å². The molecule has 0 spiro atoms. The van der Waals surface area contributed by atoms with Crippen molar-refractivity contribution < 1.29 is 0 Å². The zero-order chi connectivity index (χ0) is 88.5. The average molecular weight is 2030 g/mol. The fourth-order valence-corrected chi connectivity index (χ4v) is 20.8. The first-order valence-electron chi connectivity index (χ1n) is 43.7. The minimum atomic E-state index is 0. The lowest BCUT2D eigenvalue weighted by Gasteiger charge is -2.24. The highest BCUT2D eigenvalue weighted by Crippen LogP contribution is 2.41. The predicted octanol–water partition coefficient (Wildman–Crippen LogP) is 29.7. The van der Waals surface area contributed by atoms with Gasteiger partial charge in [-0.05, 0) is 157 Å². The minimum Gasteiger partial charge on any atom is -0.344 e. The third kappa shape index (κ3) is 21.7. The van der Waals surface area contributed by atoms with Crippen LogP contribution in [-0.4, -0.2) is 63.1 Å². The number of hydrogen-bond donors (Lipinski definition) is 6. The molecule has 2 saturated carbocycles. The zero-order valence-corrected chi connectivity index (χ0v) is 79.7. The molecular weight excluding hydrogens is 1930 g/mol. The van der Waals surface area contributed by atoms with Gasteiger partial charge in [-0.3, -0.25) is 5.10 Å². The summed E-state index contributed by atoms with van der Waals surface area (Å²) in [6.07, 6.45) is 10.7. The molecule has 0 saturated heterocycles. The number of nitrogens with one attached hydrogen (secondary N) is 1. The molecule has 648 valence electrons. The van der Waals surface area contributed by atoms with E-state index in [1.54, 1.807) is 0 Å². The standard InChI is InChI=1S/C45H30N4.C21H14Br2N2.C15H12N2.C13H10.C6H3Br3.2C6H14N2.H3N/c1-3-15-31(16-4-1)40-30-45(32-17-5-2-6-18-32)49(46-40)35-28-33(47-41-23-11-7-19-36(41)37-20-8-12-24-42(37)47)27-34(29-35)48-43-25-13-9-21-38(43)39-22-10-14-26-44(39)48;22-17-11-18(23)13-19(12-17)25-21(16-9-5-2-6-10-16)14-20(24-25)15-7-3-1-4-8-15;1-3-7-12(8-4-1)14-11-15(17-16-14)13-9-5-2-6-10-13;1-3-7-12-10(5-1)9-11-6-2-4-8-13(11)12;7-4-1-5(8)3-6(9)2-4;2*7-5-3-1-2-4-6(5)8;/h1-30H;1-14H;1-11H,(H,16,17);1-8H,9H2;1-3H;2*5-6H,1-4,7-8H2;1H3/t;;;;;2*5-,6-;/m.....11./s1. The highest BCUT2D eigenvalue weighted by atomic mass is 79.9. The van der Waals surface area contributed by atoms with E-state index < -0.39 is 0 Å². The van der Waals surface area contributed by atoms with Crippen molar-refractivity contribution in [2.24, 2.45) is 22.9 Å². The van der Waals surface area contributed by atoms with Crippen LogP contribution in [0.1, 0.15) is 62.5 Å². The SMILES string of the molecule is Brc1cc(Br)cc(-n2nc(-c3ccccc3)cc2-c2ccccc2)c1.Brc1cc(Br)cc(Br)c1.N.N[C@@H]1CCCC[C@H]1N.N[C@@H]1CCCC[C@H]1N.c1ccc(-c2cc(-c3ccccc3)[nH]n2)cc1.c1ccc(-c2cc(-c3ccccc3)n(-c3cc(-n4c5ccccc5c5ccccc54)cc(-n4c5ccccc5c5ccccc54)c3)n2)cc1.c1ccc2c(c1)Cc1ccccc1-2. The first kappa shape index (κ1) is 91.1. The number of benzene rings is 15. The number of fused-ring (bicyclic) bond motifs is 9. The Morgan fingerprint density at radius 1 is 0.262 bits per heavy atom. The van der Waals surface area contributed by atoms with Crippen LogP contribution in [0.15, 0.2) is 423 Å². The molecule has 20 aromatic rings. The summed E-state index contributed by atoms with van der Waals surface area (Å²) in [4.78, 5) is 0. The highest BCUT2D eigenvalue weighted by Gasteiger charge is 2.24.